The van der Waals surface area contributed by atoms with Crippen molar-refractivity contribution >= 4 is 5.97 Å². The average Bonchev–Trinajstić information content (AvgIpc) is 3.10. The maximum atomic E-state index is 11.8. The van der Waals surface area contributed by atoms with Gasteiger partial charge in [-0.3, -0.25) is 4.79 Å². The molecule has 11 heteroatoms. The Morgan fingerprint density at radius 1 is 0.417 bits per heavy atom. The maximum absolute atomic E-state index is 11.8. The summed E-state index contributed by atoms with van der Waals surface area (Å²) in [6, 6.07) is 10.1. The van der Waals surface area contributed by atoms with Crippen LogP contribution in [0.5, 0.6) is 0 Å². The smallest absolute Gasteiger partial charge is 0.305 e. The van der Waals surface area contributed by atoms with Gasteiger partial charge in [0.2, 0.25) is 0 Å². The van der Waals surface area contributed by atoms with Crippen molar-refractivity contribution in [3.8, 4) is 0 Å². The van der Waals surface area contributed by atoms with Gasteiger partial charge in [-0.2, -0.15) is 0 Å². The van der Waals surface area contributed by atoms with E-state index in [1.54, 1.807) is 0 Å². The SMILES string of the molecule is CCCCCCCCCCCC(=O)OCCOCCOCCOCCOCCOCCOCCOCCOCCOCc1ccccc1. The quantitative estimate of drug-likeness (QED) is 0.0619. The molecule has 0 N–H and O–H groups in total. The zero-order valence-electron chi connectivity index (χ0n) is 29.9. The minimum atomic E-state index is -0.135. The summed E-state index contributed by atoms with van der Waals surface area (Å²) < 4.78 is 54.7. The standard InChI is InChI=1S/C37H66O11/c1-2-3-4-5-6-7-8-9-13-16-37(38)48-34-33-46-30-29-44-26-25-42-22-21-40-18-17-39-19-20-41-23-24-43-27-28-45-31-32-47-35-36-14-11-10-12-15-36/h10-12,14-15H,2-9,13,16-35H2,1H3. The first-order valence-corrected chi connectivity index (χ1v) is 18.2. The zero-order chi connectivity index (χ0) is 34.3. The Kier molecular flexibility index (Phi) is 35.2. The molecule has 0 fully saturated rings. The highest BCUT2D eigenvalue weighted by molar-refractivity contribution is 5.69. The highest BCUT2D eigenvalue weighted by Crippen LogP contribution is 2.10. The van der Waals surface area contributed by atoms with Crippen LogP contribution < -0.4 is 0 Å². The van der Waals surface area contributed by atoms with Crippen LogP contribution >= 0.6 is 0 Å². The van der Waals surface area contributed by atoms with Crippen LogP contribution in [-0.4, -0.2) is 125 Å². The number of hydrogen-bond donors (Lipinski definition) is 0. The van der Waals surface area contributed by atoms with Crippen LogP contribution in [0.25, 0.3) is 0 Å². The van der Waals surface area contributed by atoms with Gasteiger partial charge in [0, 0.05) is 6.42 Å². The molecule has 280 valence electrons. The molecule has 0 saturated carbocycles. The second kappa shape index (κ2) is 38.1. The van der Waals surface area contributed by atoms with Gasteiger partial charge in [-0.15, -0.1) is 0 Å². The van der Waals surface area contributed by atoms with Gasteiger partial charge in [-0.1, -0.05) is 88.6 Å². The van der Waals surface area contributed by atoms with E-state index >= 15 is 0 Å². The molecular formula is C37H66O11. The molecule has 11 nitrogen and oxygen atoms in total. The summed E-state index contributed by atoms with van der Waals surface area (Å²) in [5.41, 5.74) is 1.16. The first-order valence-electron chi connectivity index (χ1n) is 18.2. The Bertz CT molecular complexity index is 769. The molecule has 0 radical (unpaired) electrons. The fraction of sp³-hybridized carbons (Fsp3) is 0.811. The van der Waals surface area contributed by atoms with Gasteiger partial charge in [0.15, 0.2) is 0 Å². The van der Waals surface area contributed by atoms with Crippen LogP contribution in [0.3, 0.4) is 0 Å². The largest absolute Gasteiger partial charge is 0.463 e. The van der Waals surface area contributed by atoms with E-state index in [4.69, 9.17) is 47.4 Å². The van der Waals surface area contributed by atoms with Gasteiger partial charge >= 0.3 is 5.97 Å². The lowest BCUT2D eigenvalue weighted by atomic mass is 10.1. The van der Waals surface area contributed by atoms with E-state index in [1.807, 2.05) is 30.3 Å². The van der Waals surface area contributed by atoms with Crippen molar-refractivity contribution in [2.24, 2.45) is 0 Å². The van der Waals surface area contributed by atoms with Gasteiger partial charge in [0.1, 0.15) is 6.61 Å². The summed E-state index contributed by atoms with van der Waals surface area (Å²) in [7, 11) is 0. The fourth-order valence-corrected chi connectivity index (χ4v) is 4.39. The van der Waals surface area contributed by atoms with E-state index in [9.17, 15) is 4.79 Å². The predicted octanol–water partition coefficient (Wildman–Crippen LogP) is 5.80. The number of rotatable bonds is 39. The molecule has 0 spiro atoms. The monoisotopic (exact) mass is 686 g/mol. The number of carbonyl (C=O) groups is 1. The Hall–Kier alpha value is -1.67. The highest BCUT2D eigenvalue weighted by atomic mass is 16.6. The molecule has 0 bridgehead atoms. The van der Waals surface area contributed by atoms with Gasteiger partial charge in [0.25, 0.3) is 0 Å². The molecule has 0 atom stereocenters. The van der Waals surface area contributed by atoms with Crippen molar-refractivity contribution in [1.29, 1.82) is 0 Å². The number of benzene rings is 1. The third-order valence-electron chi connectivity index (χ3n) is 7.06. The highest BCUT2D eigenvalue weighted by Gasteiger charge is 2.03. The Labute approximate surface area is 290 Å². The zero-order valence-corrected chi connectivity index (χ0v) is 29.9. The van der Waals surface area contributed by atoms with E-state index in [0.717, 1.165) is 18.4 Å². The van der Waals surface area contributed by atoms with Crippen LogP contribution in [0.1, 0.15) is 76.7 Å². The molecule has 0 aliphatic carbocycles. The topological polar surface area (TPSA) is 109 Å². The molecule has 1 aromatic rings. The molecule has 0 heterocycles. The molecule has 0 aromatic heterocycles. The molecule has 1 aromatic carbocycles. The van der Waals surface area contributed by atoms with Crippen molar-refractivity contribution in [2.45, 2.75) is 77.7 Å². The summed E-state index contributed by atoms with van der Waals surface area (Å²) in [5, 5.41) is 0. The van der Waals surface area contributed by atoms with Crippen molar-refractivity contribution in [2.75, 3.05) is 119 Å². The summed E-state index contributed by atoms with van der Waals surface area (Å²) in [4.78, 5) is 11.8. The van der Waals surface area contributed by atoms with Crippen LogP contribution in [0.4, 0.5) is 0 Å². The molecule has 48 heavy (non-hydrogen) atoms. The molecule has 0 aliphatic heterocycles. The summed E-state index contributed by atoms with van der Waals surface area (Å²) >= 11 is 0. The van der Waals surface area contributed by atoms with Gasteiger partial charge < -0.3 is 47.4 Å². The number of unbranched alkanes of at least 4 members (excludes halogenated alkanes) is 8. The van der Waals surface area contributed by atoms with E-state index < -0.39 is 0 Å². The summed E-state index contributed by atoms with van der Waals surface area (Å²) in [6.07, 6.45) is 11.6. The average molecular weight is 687 g/mol. The van der Waals surface area contributed by atoms with Crippen LogP contribution in [-0.2, 0) is 58.8 Å². The fourth-order valence-electron chi connectivity index (χ4n) is 4.39. The first kappa shape index (κ1) is 44.4. The van der Waals surface area contributed by atoms with Crippen LogP contribution in [0.2, 0.25) is 0 Å². The van der Waals surface area contributed by atoms with Crippen molar-refractivity contribution in [1.82, 2.24) is 0 Å². The van der Waals surface area contributed by atoms with Gasteiger partial charge in [-0.05, 0) is 12.0 Å². The van der Waals surface area contributed by atoms with Gasteiger partial charge in [-0.25, -0.2) is 0 Å². The molecular weight excluding hydrogens is 620 g/mol. The van der Waals surface area contributed by atoms with Crippen LogP contribution in [0, 0.1) is 0 Å². The molecule has 0 aliphatic rings. The van der Waals surface area contributed by atoms with E-state index in [2.05, 4.69) is 6.92 Å². The second-order valence-electron chi connectivity index (χ2n) is 11.2. The van der Waals surface area contributed by atoms with Crippen molar-refractivity contribution in [3.63, 3.8) is 0 Å². The Balaban J connectivity index is 1.64. The summed E-state index contributed by atoms with van der Waals surface area (Å²) in [6.45, 7) is 11.7. The maximum Gasteiger partial charge on any atom is 0.305 e. The third kappa shape index (κ3) is 34.2. The lowest BCUT2D eigenvalue weighted by Gasteiger charge is -2.09. The van der Waals surface area contributed by atoms with Crippen LogP contribution in [0.15, 0.2) is 30.3 Å². The number of carbonyl (C=O) groups excluding carboxylic acids is 1. The number of ether oxygens (including phenoxy) is 10. The van der Waals surface area contributed by atoms with E-state index in [0.29, 0.717) is 132 Å². The normalized spacial score (nSPS) is 11.4. The third-order valence-corrected chi connectivity index (χ3v) is 7.06. The minimum Gasteiger partial charge on any atom is -0.463 e. The predicted molar refractivity (Wildman–Crippen MR) is 185 cm³/mol. The van der Waals surface area contributed by atoms with Gasteiger partial charge in [0.05, 0.1) is 119 Å². The first-order chi connectivity index (χ1) is 23.8. The Morgan fingerprint density at radius 2 is 0.750 bits per heavy atom. The van der Waals surface area contributed by atoms with E-state index in [1.165, 1.54) is 44.9 Å². The lowest BCUT2D eigenvalue weighted by molar-refractivity contribution is -0.145. The van der Waals surface area contributed by atoms with Crippen molar-refractivity contribution in [3.05, 3.63) is 35.9 Å². The Morgan fingerprint density at radius 3 is 1.15 bits per heavy atom. The lowest BCUT2D eigenvalue weighted by Crippen LogP contribution is -2.15. The minimum absolute atomic E-state index is 0.135. The molecule has 0 saturated heterocycles. The van der Waals surface area contributed by atoms with Crippen molar-refractivity contribution < 1.29 is 52.2 Å². The number of hydrogen-bond acceptors (Lipinski definition) is 11. The molecule has 0 unspecified atom stereocenters. The molecule has 0 amide bonds. The number of esters is 1. The second-order valence-corrected chi connectivity index (χ2v) is 11.2. The van der Waals surface area contributed by atoms with E-state index in [-0.39, 0.29) is 5.97 Å². The summed E-state index contributed by atoms with van der Waals surface area (Å²) in [5.74, 6) is -0.135. The molecule has 1 rings (SSSR count).